The van der Waals surface area contributed by atoms with Crippen molar-refractivity contribution in [2.45, 2.75) is 46.5 Å². The minimum Gasteiger partial charge on any atom is -0.360 e. The molecule has 0 aliphatic heterocycles. The molecule has 0 bridgehead atoms. The number of aromatic nitrogens is 1. The van der Waals surface area contributed by atoms with Gasteiger partial charge in [0.25, 0.3) is 0 Å². The number of hydrogen-bond acceptors (Lipinski definition) is 4. The maximum absolute atomic E-state index is 10.3. The quantitative estimate of drug-likeness (QED) is 0.530. The fourth-order valence-corrected chi connectivity index (χ4v) is 2.38. The van der Waals surface area contributed by atoms with Gasteiger partial charge in [0, 0.05) is 21.0 Å². The fraction of sp³-hybridized carbons (Fsp3) is 0.667. The standard InChI is InChI=1S/C10H15N2O2P.C3H6.C2H6/c1-3-14-15(2)7-5-9-4-6-11-10(8-9)12-13;1-2-3-1;1-2/h4,6,8H,3,5,7H2,1-2H3;1-3H2;1-2H3. The van der Waals surface area contributed by atoms with Crippen LogP contribution >= 0.6 is 8.15 Å². The van der Waals surface area contributed by atoms with Gasteiger partial charge < -0.3 is 4.52 Å². The van der Waals surface area contributed by atoms with Crippen LogP contribution in [0.2, 0.25) is 0 Å². The van der Waals surface area contributed by atoms with Crippen molar-refractivity contribution in [1.82, 2.24) is 4.98 Å². The SMILES string of the molecule is C1CC1.CC.CCOP(C)CCc1ccnc(N=O)c1. The molecule has 0 amide bonds. The summed E-state index contributed by atoms with van der Waals surface area (Å²) in [7, 11) is -0.347. The van der Waals surface area contributed by atoms with Crippen molar-refractivity contribution in [2.24, 2.45) is 5.18 Å². The molecular weight excluding hydrogens is 271 g/mol. The third kappa shape index (κ3) is 11.0. The lowest BCUT2D eigenvalue weighted by atomic mass is 10.2. The highest BCUT2D eigenvalue weighted by molar-refractivity contribution is 7.51. The van der Waals surface area contributed by atoms with Crippen LogP contribution in [-0.4, -0.2) is 24.4 Å². The Morgan fingerprint density at radius 1 is 1.35 bits per heavy atom. The smallest absolute Gasteiger partial charge is 0.196 e. The average molecular weight is 298 g/mol. The predicted molar refractivity (Wildman–Crippen MR) is 87.9 cm³/mol. The Morgan fingerprint density at radius 3 is 2.50 bits per heavy atom. The van der Waals surface area contributed by atoms with Gasteiger partial charge in [-0.15, -0.1) is 4.91 Å². The number of hydrogen-bond donors (Lipinski definition) is 0. The fourth-order valence-electron chi connectivity index (χ4n) is 1.24. The topological polar surface area (TPSA) is 51.6 Å². The average Bonchev–Trinajstić information content (AvgIpc) is 3.36. The van der Waals surface area contributed by atoms with Crippen LogP contribution in [0.5, 0.6) is 0 Å². The summed E-state index contributed by atoms with van der Waals surface area (Å²) in [5.74, 6) is 0.254. The second kappa shape index (κ2) is 13.1. The molecule has 1 heterocycles. The van der Waals surface area contributed by atoms with Crippen molar-refractivity contribution in [3.8, 4) is 0 Å². The second-order valence-corrected chi connectivity index (χ2v) is 6.15. The van der Waals surface area contributed by atoms with E-state index in [1.165, 1.54) is 19.3 Å². The van der Waals surface area contributed by atoms with E-state index in [9.17, 15) is 4.91 Å². The van der Waals surface area contributed by atoms with Gasteiger partial charge in [0.1, 0.15) is 0 Å². The van der Waals surface area contributed by atoms with E-state index in [0.29, 0.717) is 0 Å². The van der Waals surface area contributed by atoms with Crippen molar-refractivity contribution >= 4 is 14.0 Å². The minimum atomic E-state index is -0.347. The monoisotopic (exact) mass is 298 g/mol. The Balaban J connectivity index is 0.000000614. The Morgan fingerprint density at radius 2 is 2.00 bits per heavy atom. The summed E-state index contributed by atoms with van der Waals surface area (Å²) in [6.07, 6.45) is 8.03. The van der Waals surface area contributed by atoms with E-state index in [1.807, 2.05) is 26.8 Å². The first-order valence-electron chi connectivity index (χ1n) is 7.38. The van der Waals surface area contributed by atoms with Gasteiger partial charge in [0.2, 0.25) is 0 Å². The van der Waals surface area contributed by atoms with E-state index in [0.717, 1.165) is 24.8 Å². The first-order valence-corrected chi connectivity index (χ1v) is 9.27. The number of nitroso groups, excluding NO2 is 1. The molecule has 1 unspecified atom stereocenters. The lowest BCUT2D eigenvalue weighted by molar-refractivity contribution is 0.380. The molecule has 1 saturated carbocycles. The van der Waals surface area contributed by atoms with E-state index in [2.05, 4.69) is 16.8 Å². The van der Waals surface area contributed by atoms with Crippen LogP contribution in [-0.2, 0) is 10.9 Å². The van der Waals surface area contributed by atoms with Crippen molar-refractivity contribution in [1.29, 1.82) is 0 Å². The van der Waals surface area contributed by atoms with Gasteiger partial charge in [-0.3, -0.25) is 0 Å². The van der Waals surface area contributed by atoms with Gasteiger partial charge in [-0.1, -0.05) is 33.1 Å². The molecule has 1 fully saturated rings. The lowest BCUT2D eigenvalue weighted by Gasteiger charge is -2.10. The van der Waals surface area contributed by atoms with Crippen LogP contribution in [0.3, 0.4) is 0 Å². The van der Waals surface area contributed by atoms with Gasteiger partial charge in [0.15, 0.2) is 5.82 Å². The van der Waals surface area contributed by atoms with Crippen LogP contribution in [0.4, 0.5) is 5.82 Å². The molecule has 1 aliphatic carbocycles. The van der Waals surface area contributed by atoms with E-state index in [-0.39, 0.29) is 14.0 Å². The van der Waals surface area contributed by atoms with Crippen LogP contribution in [0, 0.1) is 4.91 Å². The lowest BCUT2D eigenvalue weighted by Crippen LogP contribution is -1.94. The number of nitrogens with zero attached hydrogens (tertiary/aromatic N) is 2. The number of pyridine rings is 1. The van der Waals surface area contributed by atoms with Crippen LogP contribution < -0.4 is 0 Å². The third-order valence-electron chi connectivity index (χ3n) is 2.32. The van der Waals surface area contributed by atoms with Crippen molar-refractivity contribution in [2.75, 3.05) is 19.4 Å². The van der Waals surface area contributed by atoms with Crippen molar-refractivity contribution in [3.63, 3.8) is 0 Å². The molecular formula is C15H27N2O2P. The molecule has 0 saturated heterocycles. The highest BCUT2D eigenvalue weighted by Crippen LogP contribution is 2.32. The molecule has 0 radical (unpaired) electrons. The molecule has 1 atom stereocenters. The predicted octanol–water partition coefficient (Wildman–Crippen LogP) is 5.28. The molecule has 1 aliphatic rings. The third-order valence-corrected chi connectivity index (χ3v) is 3.87. The van der Waals surface area contributed by atoms with Crippen molar-refractivity contribution in [3.05, 3.63) is 28.8 Å². The Bertz CT molecular complexity index is 357. The van der Waals surface area contributed by atoms with Crippen LogP contribution in [0.25, 0.3) is 0 Å². The van der Waals surface area contributed by atoms with Crippen molar-refractivity contribution < 1.29 is 4.52 Å². The molecule has 114 valence electrons. The van der Waals surface area contributed by atoms with Gasteiger partial charge in [-0.2, -0.15) is 0 Å². The second-order valence-electron chi connectivity index (χ2n) is 4.19. The summed E-state index contributed by atoms with van der Waals surface area (Å²) >= 11 is 0. The Labute approximate surface area is 124 Å². The highest BCUT2D eigenvalue weighted by Gasteiger charge is 2.03. The van der Waals surface area contributed by atoms with Gasteiger partial charge >= 0.3 is 0 Å². The molecule has 0 N–H and O–H groups in total. The van der Waals surface area contributed by atoms with Gasteiger partial charge in [-0.25, -0.2) is 4.98 Å². The molecule has 2 rings (SSSR count). The summed E-state index contributed by atoms with van der Waals surface area (Å²) in [5, 5.41) is 2.81. The van der Waals surface area contributed by atoms with E-state index >= 15 is 0 Å². The minimum absolute atomic E-state index is 0.254. The van der Waals surface area contributed by atoms with E-state index in [4.69, 9.17) is 4.52 Å². The number of rotatable bonds is 6. The Kier molecular flexibility index (Phi) is 12.6. The Hall–Kier alpha value is -0.860. The van der Waals surface area contributed by atoms with E-state index < -0.39 is 0 Å². The maximum Gasteiger partial charge on any atom is 0.196 e. The molecule has 1 aromatic rings. The highest BCUT2D eigenvalue weighted by atomic mass is 31.1. The summed E-state index contributed by atoms with van der Waals surface area (Å²) < 4.78 is 5.48. The molecule has 20 heavy (non-hydrogen) atoms. The summed E-state index contributed by atoms with van der Waals surface area (Å²) in [6.45, 7) is 8.87. The first-order chi connectivity index (χ1) is 9.76. The van der Waals surface area contributed by atoms with Crippen LogP contribution in [0.1, 0.15) is 45.6 Å². The zero-order chi connectivity index (χ0) is 15.2. The normalized spacial score (nSPS) is 13.2. The number of aryl methyl sites for hydroxylation is 1. The molecule has 0 aromatic carbocycles. The summed E-state index contributed by atoms with van der Waals surface area (Å²) in [6, 6.07) is 3.63. The zero-order valence-corrected chi connectivity index (χ0v) is 14.0. The molecule has 1 aromatic heterocycles. The largest absolute Gasteiger partial charge is 0.360 e. The molecule has 0 spiro atoms. The summed E-state index contributed by atoms with van der Waals surface area (Å²) in [4.78, 5) is 14.1. The first kappa shape index (κ1) is 19.1. The maximum atomic E-state index is 10.3. The molecule has 5 heteroatoms. The van der Waals surface area contributed by atoms with Crippen LogP contribution in [0.15, 0.2) is 23.5 Å². The van der Waals surface area contributed by atoms with E-state index in [1.54, 1.807) is 12.3 Å². The van der Waals surface area contributed by atoms with Gasteiger partial charge in [-0.05, 0) is 49.0 Å². The molecule has 4 nitrogen and oxygen atoms in total. The van der Waals surface area contributed by atoms with Gasteiger partial charge in [0.05, 0.1) is 0 Å². The summed E-state index contributed by atoms with van der Waals surface area (Å²) in [5.41, 5.74) is 1.09. The zero-order valence-electron chi connectivity index (χ0n) is 13.1.